The number of amides is 1. The van der Waals surface area contributed by atoms with Crippen LogP contribution in [0.2, 0.25) is 5.02 Å². The Bertz CT molecular complexity index is 962. The van der Waals surface area contributed by atoms with Crippen LogP contribution in [0.5, 0.6) is 11.5 Å². The summed E-state index contributed by atoms with van der Waals surface area (Å²) in [5.41, 5.74) is 2.71. The Hall–Kier alpha value is -2.66. The molecule has 1 amide bonds. The summed E-state index contributed by atoms with van der Waals surface area (Å²) in [6, 6.07) is 13.6. The lowest BCUT2D eigenvalue weighted by Crippen LogP contribution is -2.39. The van der Waals surface area contributed by atoms with E-state index in [0.29, 0.717) is 24.7 Å². The molecule has 2 aliphatic heterocycles. The number of halogens is 1. The number of ether oxygens (including phenoxy) is 3. The Morgan fingerprint density at radius 3 is 2.60 bits per heavy atom. The molecule has 2 aromatic rings. The molecule has 158 valence electrons. The fraction of sp³-hybridized carbons (Fsp3) is 0.375. The summed E-state index contributed by atoms with van der Waals surface area (Å²) in [7, 11) is 0. The Kier molecular flexibility index (Phi) is 5.65. The number of para-hydroxylation sites is 1. The average molecular weight is 428 g/mol. The number of hydrogen-bond donors (Lipinski definition) is 0. The molecule has 0 radical (unpaired) electrons. The van der Waals surface area contributed by atoms with Crippen molar-refractivity contribution in [1.82, 2.24) is 4.90 Å². The number of carbonyl (C=O) groups excluding carboxylic acids is 1. The molecule has 0 saturated carbocycles. The van der Waals surface area contributed by atoms with E-state index in [2.05, 4.69) is 6.08 Å². The van der Waals surface area contributed by atoms with Crippen LogP contribution in [0, 0.1) is 0 Å². The van der Waals surface area contributed by atoms with Gasteiger partial charge in [0.15, 0.2) is 17.6 Å². The summed E-state index contributed by atoms with van der Waals surface area (Å²) in [6.07, 6.45) is 2.35. The summed E-state index contributed by atoms with van der Waals surface area (Å²) in [6.45, 7) is 7.19. The van der Waals surface area contributed by atoms with Crippen LogP contribution in [0.3, 0.4) is 0 Å². The molecule has 2 heterocycles. The third-order valence-corrected chi connectivity index (χ3v) is 5.33. The predicted octanol–water partition coefficient (Wildman–Crippen LogP) is 5.88. The van der Waals surface area contributed by atoms with E-state index in [1.807, 2.05) is 63.2 Å². The van der Waals surface area contributed by atoms with Gasteiger partial charge in [-0.2, -0.15) is 0 Å². The van der Waals surface area contributed by atoms with E-state index in [1.54, 1.807) is 4.90 Å². The SMILES string of the molecule is CC(C)(C)OC(=O)N1CC=C(c2cccc3c2OC[C@H](c2ccc(Cl)cc2)O3)CC1. The van der Waals surface area contributed by atoms with Crippen molar-refractivity contribution in [3.05, 3.63) is 64.7 Å². The molecule has 0 spiro atoms. The minimum atomic E-state index is -0.495. The van der Waals surface area contributed by atoms with E-state index in [9.17, 15) is 4.79 Å². The number of carbonyl (C=O) groups is 1. The van der Waals surface area contributed by atoms with Crippen molar-refractivity contribution in [2.24, 2.45) is 0 Å². The van der Waals surface area contributed by atoms with E-state index >= 15 is 0 Å². The standard InChI is InChI=1S/C24H26ClNO4/c1-24(2,3)30-23(27)26-13-11-16(12-14-26)19-5-4-6-20-22(19)28-15-21(29-20)17-7-9-18(25)10-8-17/h4-11,21H,12-15H2,1-3H3/t21-/m1/s1. The van der Waals surface area contributed by atoms with Crippen LogP contribution < -0.4 is 9.47 Å². The molecule has 0 unspecified atom stereocenters. The third-order valence-electron chi connectivity index (χ3n) is 5.08. The molecule has 0 saturated heterocycles. The molecule has 0 aromatic heterocycles. The van der Waals surface area contributed by atoms with Crippen molar-refractivity contribution in [2.75, 3.05) is 19.7 Å². The normalized spacial score (nSPS) is 18.6. The van der Waals surface area contributed by atoms with Gasteiger partial charge in [-0.15, -0.1) is 0 Å². The summed E-state index contributed by atoms with van der Waals surface area (Å²) in [5, 5.41) is 0.697. The first-order valence-corrected chi connectivity index (χ1v) is 10.5. The quantitative estimate of drug-likeness (QED) is 0.600. The molecule has 6 heteroatoms. The highest BCUT2D eigenvalue weighted by molar-refractivity contribution is 6.30. The fourth-order valence-corrected chi connectivity index (χ4v) is 3.73. The van der Waals surface area contributed by atoms with Crippen molar-refractivity contribution in [3.63, 3.8) is 0 Å². The van der Waals surface area contributed by atoms with E-state index in [1.165, 1.54) is 0 Å². The second-order valence-electron chi connectivity index (χ2n) is 8.51. The van der Waals surface area contributed by atoms with Crippen molar-refractivity contribution in [2.45, 2.75) is 38.9 Å². The average Bonchev–Trinajstić information content (AvgIpc) is 2.72. The van der Waals surface area contributed by atoms with Crippen LogP contribution in [-0.2, 0) is 4.74 Å². The molecule has 0 fully saturated rings. The van der Waals surface area contributed by atoms with Crippen molar-refractivity contribution in [3.8, 4) is 11.5 Å². The van der Waals surface area contributed by atoms with Crippen LogP contribution >= 0.6 is 11.6 Å². The van der Waals surface area contributed by atoms with Crippen molar-refractivity contribution < 1.29 is 19.0 Å². The summed E-state index contributed by atoms with van der Waals surface area (Å²) in [5.74, 6) is 1.49. The second-order valence-corrected chi connectivity index (χ2v) is 8.94. The Labute approximate surface area is 182 Å². The smallest absolute Gasteiger partial charge is 0.410 e. The predicted molar refractivity (Wildman–Crippen MR) is 117 cm³/mol. The van der Waals surface area contributed by atoms with E-state index in [0.717, 1.165) is 34.6 Å². The zero-order valence-electron chi connectivity index (χ0n) is 17.5. The van der Waals surface area contributed by atoms with Gasteiger partial charge in [0.25, 0.3) is 0 Å². The number of nitrogens with zero attached hydrogens (tertiary/aromatic N) is 1. The minimum Gasteiger partial charge on any atom is -0.485 e. The molecule has 1 atom stereocenters. The van der Waals surface area contributed by atoms with Gasteiger partial charge in [-0.3, -0.25) is 0 Å². The molecule has 0 aliphatic carbocycles. The largest absolute Gasteiger partial charge is 0.485 e. The first-order chi connectivity index (χ1) is 14.3. The van der Waals surface area contributed by atoms with E-state index in [4.69, 9.17) is 25.8 Å². The molecule has 5 nitrogen and oxygen atoms in total. The van der Waals surface area contributed by atoms with Crippen LogP contribution in [-0.4, -0.2) is 36.3 Å². The third kappa shape index (κ3) is 4.57. The number of rotatable bonds is 2. The number of benzene rings is 2. The Morgan fingerprint density at radius 2 is 1.93 bits per heavy atom. The highest BCUT2D eigenvalue weighted by atomic mass is 35.5. The molecule has 0 bridgehead atoms. The molecule has 2 aromatic carbocycles. The number of fused-ring (bicyclic) bond motifs is 1. The molecule has 4 rings (SSSR count). The Balaban J connectivity index is 1.49. The summed E-state index contributed by atoms with van der Waals surface area (Å²) < 4.78 is 17.8. The van der Waals surface area contributed by atoms with Gasteiger partial charge in [0.2, 0.25) is 0 Å². The number of hydrogen-bond acceptors (Lipinski definition) is 4. The lowest BCUT2D eigenvalue weighted by Gasteiger charge is -2.31. The van der Waals surface area contributed by atoms with Gasteiger partial charge in [-0.25, -0.2) is 4.79 Å². The highest BCUT2D eigenvalue weighted by Gasteiger charge is 2.28. The van der Waals surface area contributed by atoms with Crippen molar-refractivity contribution >= 4 is 23.3 Å². The Morgan fingerprint density at radius 1 is 1.17 bits per heavy atom. The highest BCUT2D eigenvalue weighted by Crippen LogP contribution is 2.42. The minimum absolute atomic E-state index is 0.173. The van der Waals surface area contributed by atoms with Gasteiger partial charge in [0.05, 0.1) is 0 Å². The molecule has 0 N–H and O–H groups in total. The van der Waals surface area contributed by atoms with Crippen molar-refractivity contribution in [1.29, 1.82) is 0 Å². The maximum atomic E-state index is 12.3. The van der Waals surface area contributed by atoms with Crippen LogP contribution in [0.1, 0.15) is 44.4 Å². The summed E-state index contributed by atoms with van der Waals surface area (Å²) in [4.78, 5) is 14.0. The van der Waals surface area contributed by atoms with Crippen LogP contribution in [0.25, 0.3) is 5.57 Å². The fourth-order valence-electron chi connectivity index (χ4n) is 3.60. The molecule has 30 heavy (non-hydrogen) atoms. The molecule has 2 aliphatic rings. The van der Waals surface area contributed by atoms with E-state index in [-0.39, 0.29) is 12.2 Å². The van der Waals surface area contributed by atoms with E-state index < -0.39 is 5.60 Å². The lowest BCUT2D eigenvalue weighted by atomic mass is 9.97. The van der Waals surface area contributed by atoms with Gasteiger partial charge in [-0.1, -0.05) is 41.9 Å². The molecular formula is C24H26ClNO4. The first kappa shape index (κ1) is 20.6. The zero-order valence-corrected chi connectivity index (χ0v) is 18.2. The van der Waals surface area contributed by atoms with Crippen LogP contribution in [0.4, 0.5) is 4.79 Å². The topological polar surface area (TPSA) is 48.0 Å². The molecular weight excluding hydrogens is 402 g/mol. The second kappa shape index (κ2) is 8.23. The lowest BCUT2D eigenvalue weighted by molar-refractivity contribution is 0.0270. The maximum absolute atomic E-state index is 12.3. The first-order valence-electron chi connectivity index (χ1n) is 10.2. The van der Waals surface area contributed by atoms with Gasteiger partial charge < -0.3 is 19.1 Å². The monoisotopic (exact) mass is 427 g/mol. The summed E-state index contributed by atoms with van der Waals surface area (Å²) >= 11 is 5.99. The van der Waals surface area contributed by atoms with Gasteiger partial charge in [0, 0.05) is 23.7 Å². The van der Waals surface area contributed by atoms with Gasteiger partial charge in [-0.05, 0) is 56.5 Å². The zero-order chi connectivity index (χ0) is 21.3. The maximum Gasteiger partial charge on any atom is 0.410 e. The van der Waals surface area contributed by atoms with Gasteiger partial charge in [0.1, 0.15) is 12.2 Å². The van der Waals surface area contributed by atoms with Crippen LogP contribution in [0.15, 0.2) is 48.5 Å². The van der Waals surface area contributed by atoms with Gasteiger partial charge >= 0.3 is 6.09 Å².